The molecule has 2 unspecified atom stereocenters. The van der Waals surface area contributed by atoms with Crippen molar-refractivity contribution in [1.29, 1.82) is 0 Å². The normalized spacial score (nSPS) is 15.8. The zero-order valence-corrected chi connectivity index (χ0v) is 7.10. The summed E-state index contributed by atoms with van der Waals surface area (Å²) in [6.45, 7) is 5.03. The highest BCUT2D eigenvalue weighted by atomic mass is 16.4. The molecule has 0 aromatic heterocycles. The maximum atomic E-state index is 10.4. The third-order valence-electron chi connectivity index (χ3n) is 1.36. The molecular formula is C9H14O3. The quantitative estimate of drug-likeness (QED) is 0.609. The molecule has 68 valence electrons. The Hall–Kier alpha value is -1.09. The summed E-state index contributed by atoms with van der Waals surface area (Å²) in [4.78, 5) is 10.4. The summed E-state index contributed by atoms with van der Waals surface area (Å²) in [6, 6.07) is 0. The van der Waals surface area contributed by atoms with E-state index in [9.17, 15) is 4.79 Å². The van der Waals surface area contributed by atoms with Gasteiger partial charge in [0, 0.05) is 0 Å². The lowest BCUT2D eigenvalue weighted by Gasteiger charge is -2.00. The van der Waals surface area contributed by atoms with Gasteiger partial charge in [-0.05, 0) is 13.3 Å². The number of carboxylic acids is 1. The van der Waals surface area contributed by atoms with Gasteiger partial charge in [-0.1, -0.05) is 18.2 Å². The van der Waals surface area contributed by atoms with Crippen molar-refractivity contribution in [2.45, 2.75) is 19.4 Å². The number of carboxylic acid groups (broad SMARTS) is 1. The van der Waals surface area contributed by atoms with Gasteiger partial charge >= 0.3 is 5.97 Å². The van der Waals surface area contributed by atoms with E-state index in [2.05, 4.69) is 6.58 Å². The lowest BCUT2D eigenvalue weighted by Crippen LogP contribution is -2.07. The Morgan fingerprint density at radius 2 is 2.25 bits per heavy atom. The second-order valence-electron chi connectivity index (χ2n) is 2.61. The SMILES string of the molecule is C=CC(/C=C/CC(C)O)C(=O)O. The lowest BCUT2D eigenvalue weighted by atomic mass is 10.1. The van der Waals surface area contributed by atoms with Crippen LogP contribution >= 0.6 is 0 Å². The van der Waals surface area contributed by atoms with Gasteiger partial charge < -0.3 is 10.2 Å². The second-order valence-corrected chi connectivity index (χ2v) is 2.61. The number of hydrogen-bond donors (Lipinski definition) is 2. The molecule has 0 aliphatic carbocycles. The first kappa shape index (κ1) is 10.9. The first-order chi connectivity index (χ1) is 5.57. The fourth-order valence-corrected chi connectivity index (χ4v) is 0.684. The Bertz CT molecular complexity index is 182. The molecule has 0 fully saturated rings. The van der Waals surface area contributed by atoms with Crippen molar-refractivity contribution in [1.82, 2.24) is 0 Å². The van der Waals surface area contributed by atoms with Gasteiger partial charge in [0.2, 0.25) is 0 Å². The van der Waals surface area contributed by atoms with Crippen molar-refractivity contribution in [3.63, 3.8) is 0 Å². The van der Waals surface area contributed by atoms with E-state index in [1.165, 1.54) is 12.2 Å². The highest BCUT2D eigenvalue weighted by Crippen LogP contribution is 2.02. The van der Waals surface area contributed by atoms with Crippen molar-refractivity contribution in [2.24, 2.45) is 5.92 Å². The minimum absolute atomic E-state index is 0.430. The molecule has 0 aromatic rings. The van der Waals surface area contributed by atoms with Crippen LogP contribution in [0, 0.1) is 5.92 Å². The smallest absolute Gasteiger partial charge is 0.314 e. The Morgan fingerprint density at radius 1 is 1.67 bits per heavy atom. The summed E-state index contributed by atoms with van der Waals surface area (Å²) < 4.78 is 0. The molecule has 0 aromatic carbocycles. The van der Waals surface area contributed by atoms with Crippen LogP contribution in [-0.2, 0) is 4.79 Å². The first-order valence-corrected chi connectivity index (χ1v) is 3.78. The molecule has 0 amide bonds. The van der Waals surface area contributed by atoms with E-state index in [-0.39, 0.29) is 0 Å². The van der Waals surface area contributed by atoms with Crippen LogP contribution in [0.2, 0.25) is 0 Å². The highest BCUT2D eigenvalue weighted by molar-refractivity contribution is 5.74. The lowest BCUT2D eigenvalue weighted by molar-refractivity contribution is -0.138. The van der Waals surface area contributed by atoms with E-state index >= 15 is 0 Å². The van der Waals surface area contributed by atoms with Crippen LogP contribution in [0.15, 0.2) is 24.8 Å². The number of carbonyl (C=O) groups is 1. The van der Waals surface area contributed by atoms with E-state index in [1.54, 1.807) is 13.0 Å². The Morgan fingerprint density at radius 3 is 2.58 bits per heavy atom. The molecular weight excluding hydrogens is 156 g/mol. The van der Waals surface area contributed by atoms with Crippen LogP contribution in [0.5, 0.6) is 0 Å². The van der Waals surface area contributed by atoms with E-state index in [4.69, 9.17) is 10.2 Å². The predicted octanol–water partition coefficient (Wildman–Crippen LogP) is 1.20. The third-order valence-corrected chi connectivity index (χ3v) is 1.36. The van der Waals surface area contributed by atoms with Gasteiger partial charge in [0.05, 0.1) is 12.0 Å². The van der Waals surface area contributed by atoms with Gasteiger partial charge in [0.1, 0.15) is 0 Å². The number of aliphatic hydroxyl groups is 1. The number of rotatable bonds is 5. The van der Waals surface area contributed by atoms with E-state index in [1.807, 2.05) is 0 Å². The molecule has 0 bridgehead atoms. The second kappa shape index (κ2) is 5.55. The predicted molar refractivity (Wildman–Crippen MR) is 46.8 cm³/mol. The Kier molecular flexibility index (Phi) is 5.04. The standard InChI is InChI=1S/C9H14O3/c1-3-8(9(11)12)6-4-5-7(2)10/h3-4,6-8,10H,1,5H2,2H3,(H,11,12)/b6-4+. The molecule has 2 atom stereocenters. The van der Waals surface area contributed by atoms with Gasteiger partial charge in [0.25, 0.3) is 0 Å². The fraction of sp³-hybridized carbons (Fsp3) is 0.444. The summed E-state index contributed by atoms with van der Waals surface area (Å²) in [5, 5.41) is 17.4. The maximum Gasteiger partial charge on any atom is 0.314 e. The van der Waals surface area contributed by atoms with Crippen molar-refractivity contribution < 1.29 is 15.0 Å². The summed E-state index contributed by atoms with van der Waals surface area (Å²) in [7, 11) is 0. The van der Waals surface area contributed by atoms with Gasteiger partial charge in [-0.15, -0.1) is 6.58 Å². The number of hydrogen-bond acceptors (Lipinski definition) is 2. The van der Waals surface area contributed by atoms with Crippen LogP contribution < -0.4 is 0 Å². The van der Waals surface area contributed by atoms with Gasteiger partial charge in [-0.2, -0.15) is 0 Å². The van der Waals surface area contributed by atoms with Crippen molar-refractivity contribution >= 4 is 5.97 Å². The van der Waals surface area contributed by atoms with Crippen LogP contribution in [-0.4, -0.2) is 22.3 Å². The molecule has 0 aliphatic rings. The van der Waals surface area contributed by atoms with Crippen LogP contribution in [0.4, 0.5) is 0 Å². The van der Waals surface area contributed by atoms with Gasteiger partial charge in [0.15, 0.2) is 0 Å². The fourth-order valence-electron chi connectivity index (χ4n) is 0.684. The molecule has 0 heterocycles. The minimum Gasteiger partial charge on any atom is -0.481 e. The summed E-state index contributed by atoms with van der Waals surface area (Å²) in [6.07, 6.45) is 4.55. The molecule has 0 saturated carbocycles. The van der Waals surface area contributed by atoms with Gasteiger partial charge in [-0.3, -0.25) is 4.79 Å². The molecule has 0 rings (SSSR count). The number of aliphatic hydroxyl groups excluding tert-OH is 1. The Labute approximate surface area is 72.0 Å². The third kappa shape index (κ3) is 4.68. The highest BCUT2D eigenvalue weighted by Gasteiger charge is 2.07. The molecule has 0 radical (unpaired) electrons. The monoisotopic (exact) mass is 170 g/mol. The number of aliphatic carboxylic acids is 1. The van der Waals surface area contributed by atoms with Crippen LogP contribution in [0.1, 0.15) is 13.3 Å². The van der Waals surface area contributed by atoms with Crippen molar-refractivity contribution in [3.8, 4) is 0 Å². The molecule has 3 heteroatoms. The van der Waals surface area contributed by atoms with E-state index < -0.39 is 18.0 Å². The summed E-state index contributed by atoms with van der Waals surface area (Å²) >= 11 is 0. The van der Waals surface area contributed by atoms with Gasteiger partial charge in [-0.25, -0.2) is 0 Å². The minimum atomic E-state index is -0.924. The van der Waals surface area contributed by atoms with Crippen LogP contribution in [0.3, 0.4) is 0 Å². The zero-order chi connectivity index (χ0) is 9.56. The average molecular weight is 170 g/mol. The topological polar surface area (TPSA) is 57.5 Å². The Balaban J connectivity index is 3.93. The molecule has 12 heavy (non-hydrogen) atoms. The zero-order valence-electron chi connectivity index (χ0n) is 7.10. The van der Waals surface area contributed by atoms with E-state index in [0.717, 1.165) is 0 Å². The molecule has 2 N–H and O–H groups in total. The van der Waals surface area contributed by atoms with Crippen molar-refractivity contribution in [3.05, 3.63) is 24.8 Å². The largest absolute Gasteiger partial charge is 0.481 e. The first-order valence-electron chi connectivity index (χ1n) is 3.78. The molecule has 0 aliphatic heterocycles. The summed E-state index contributed by atoms with van der Waals surface area (Å²) in [5.41, 5.74) is 0. The molecule has 3 nitrogen and oxygen atoms in total. The molecule has 0 spiro atoms. The molecule has 0 saturated heterocycles. The van der Waals surface area contributed by atoms with Crippen LogP contribution in [0.25, 0.3) is 0 Å². The maximum absolute atomic E-state index is 10.4. The summed E-state index contributed by atoms with van der Waals surface area (Å²) in [5.74, 6) is -1.57. The van der Waals surface area contributed by atoms with Crippen molar-refractivity contribution in [2.75, 3.05) is 0 Å². The van der Waals surface area contributed by atoms with E-state index in [0.29, 0.717) is 6.42 Å². The average Bonchev–Trinajstić information content (AvgIpc) is 1.96.